The summed E-state index contributed by atoms with van der Waals surface area (Å²) < 4.78 is 0. The summed E-state index contributed by atoms with van der Waals surface area (Å²) >= 11 is 0. The van der Waals surface area contributed by atoms with Gasteiger partial charge in [-0.2, -0.15) is 0 Å². The number of hydrogen-bond donors (Lipinski definition) is 0. The van der Waals surface area contributed by atoms with Crippen molar-refractivity contribution in [2.24, 2.45) is 5.41 Å². The van der Waals surface area contributed by atoms with Crippen molar-refractivity contribution in [1.29, 1.82) is 0 Å². The van der Waals surface area contributed by atoms with Crippen LogP contribution >= 0.6 is 0 Å². The van der Waals surface area contributed by atoms with Gasteiger partial charge in [0.05, 0.1) is 11.3 Å². The molecule has 0 spiro atoms. The van der Waals surface area contributed by atoms with E-state index in [9.17, 15) is 4.79 Å². The van der Waals surface area contributed by atoms with Gasteiger partial charge in [-0.3, -0.25) is 4.79 Å². The van der Waals surface area contributed by atoms with Crippen LogP contribution < -0.4 is 0 Å². The van der Waals surface area contributed by atoms with Gasteiger partial charge in [0.25, 0.3) is 0 Å². The highest BCUT2D eigenvalue weighted by atomic mass is 16.1. The predicted octanol–water partition coefficient (Wildman–Crippen LogP) is 1.94. The number of ketones is 1. The highest BCUT2D eigenvalue weighted by Gasteiger charge is 2.31. The molecule has 0 bridgehead atoms. The van der Waals surface area contributed by atoms with Crippen LogP contribution in [0.25, 0.3) is 0 Å². The number of carbonyl (C=O) groups is 1. The minimum absolute atomic E-state index is 0.0465. The molecule has 0 aliphatic heterocycles. The van der Waals surface area contributed by atoms with Gasteiger partial charge in [0.2, 0.25) is 0 Å². The van der Waals surface area contributed by atoms with E-state index in [4.69, 9.17) is 0 Å². The number of rotatable bonds is 0. The largest absolute Gasteiger partial charge is 0.294 e. The second kappa shape index (κ2) is 2.87. The lowest BCUT2D eigenvalue weighted by atomic mass is 9.76. The Balaban J connectivity index is 2.51. The molecule has 0 aromatic carbocycles. The molecule has 0 unspecified atom stereocenters. The molecule has 0 radical (unpaired) electrons. The second-order valence-corrected chi connectivity index (χ2v) is 4.72. The number of Topliss-reactive ketones (excluding diaryl/α,β-unsaturated/α-hetero) is 1. The van der Waals surface area contributed by atoms with Crippen molar-refractivity contribution in [1.82, 2.24) is 9.97 Å². The monoisotopic (exact) mass is 190 g/mol. The van der Waals surface area contributed by atoms with E-state index in [2.05, 4.69) is 23.8 Å². The lowest BCUT2D eigenvalue weighted by Gasteiger charge is -2.28. The Hall–Kier alpha value is -1.25. The van der Waals surface area contributed by atoms with Crippen molar-refractivity contribution in [3.05, 3.63) is 23.3 Å². The molecule has 1 aliphatic rings. The first-order chi connectivity index (χ1) is 6.48. The van der Waals surface area contributed by atoms with Gasteiger partial charge in [-0.1, -0.05) is 13.8 Å². The number of fused-ring (bicyclic) bond motifs is 1. The van der Waals surface area contributed by atoms with Crippen LogP contribution in [0.1, 0.15) is 42.1 Å². The van der Waals surface area contributed by atoms with Crippen molar-refractivity contribution in [3.63, 3.8) is 0 Å². The topological polar surface area (TPSA) is 42.9 Å². The number of aryl methyl sites for hydroxylation is 1. The molecule has 1 aromatic rings. The van der Waals surface area contributed by atoms with Crippen molar-refractivity contribution >= 4 is 5.78 Å². The maximum Gasteiger partial charge on any atom is 0.166 e. The van der Waals surface area contributed by atoms with Crippen molar-refractivity contribution in [3.8, 4) is 0 Å². The third-order valence-electron chi connectivity index (χ3n) is 2.57. The fourth-order valence-corrected chi connectivity index (χ4v) is 1.93. The van der Waals surface area contributed by atoms with Gasteiger partial charge in [0, 0.05) is 12.6 Å². The van der Waals surface area contributed by atoms with Crippen LogP contribution in [0, 0.1) is 12.3 Å². The number of carbonyl (C=O) groups excluding carboxylic acids is 1. The van der Waals surface area contributed by atoms with E-state index in [1.165, 1.54) is 0 Å². The lowest BCUT2D eigenvalue weighted by molar-refractivity contribution is 0.0909. The lowest BCUT2D eigenvalue weighted by Crippen LogP contribution is -2.28. The van der Waals surface area contributed by atoms with E-state index >= 15 is 0 Å². The minimum atomic E-state index is 0.0465. The van der Waals surface area contributed by atoms with Gasteiger partial charge in [0.1, 0.15) is 5.82 Å². The van der Waals surface area contributed by atoms with E-state index in [1.807, 2.05) is 6.92 Å². The minimum Gasteiger partial charge on any atom is -0.294 e. The first-order valence-corrected chi connectivity index (χ1v) is 4.84. The van der Waals surface area contributed by atoms with Crippen LogP contribution in [-0.2, 0) is 6.42 Å². The SMILES string of the molecule is Cc1ncc2c(n1)CC(C)(C)CC2=O. The zero-order valence-electron chi connectivity index (χ0n) is 8.79. The van der Waals surface area contributed by atoms with Crippen LogP contribution in [0.3, 0.4) is 0 Å². The van der Waals surface area contributed by atoms with Gasteiger partial charge in [-0.15, -0.1) is 0 Å². The summed E-state index contributed by atoms with van der Waals surface area (Å²) in [4.78, 5) is 20.1. The Labute approximate surface area is 83.6 Å². The zero-order valence-corrected chi connectivity index (χ0v) is 8.79. The van der Waals surface area contributed by atoms with Crippen LogP contribution in [-0.4, -0.2) is 15.8 Å². The van der Waals surface area contributed by atoms with Gasteiger partial charge in [-0.25, -0.2) is 9.97 Å². The molecule has 74 valence electrons. The quantitative estimate of drug-likeness (QED) is 0.628. The van der Waals surface area contributed by atoms with Gasteiger partial charge >= 0.3 is 0 Å². The highest BCUT2D eigenvalue weighted by Crippen LogP contribution is 2.33. The molecule has 0 saturated carbocycles. The number of hydrogen-bond acceptors (Lipinski definition) is 3. The molecule has 0 saturated heterocycles. The summed E-state index contributed by atoms with van der Waals surface area (Å²) in [5.41, 5.74) is 1.68. The Morgan fingerprint density at radius 3 is 2.79 bits per heavy atom. The van der Waals surface area contributed by atoms with E-state index in [0.717, 1.165) is 23.5 Å². The summed E-state index contributed by atoms with van der Waals surface area (Å²) in [6.07, 6.45) is 3.14. The van der Waals surface area contributed by atoms with E-state index in [1.54, 1.807) is 6.20 Å². The molecule has 2 rings (SSSR count). The molecular weight excluding hydrogens is 176 g/mol. The predicted molar refractivity (Wildman–Crippen MR) is 53.2 cm³/mol. The molecule has 14 heavy (non-hydrogen) atoms. The molecule has 3 nitrogen and oxygen atoms in total. The molecule has 0 fully saturated rings. The Kier molecular flexibility index (Phi) is 1.91. The third-order valence-corrected chi connectivity index (χ3v) is 2.57. The van der Waals surface area contributed by atoms with E-state index in [-0.39, 0.29) is 11.2 Å². The second-order valence-electron chi connectivity index (χ2n) is 4.72. The maximum absolute atomic E-state index is 11.7. The van der Waals surface area contributed by atoms with E-state index in [0.29, 0.717) is 6.42 Å². The molecule has 1 aliphatic carbocycles. The summed E-state index contributed by atoms with van der Waals surface area (Å²) in [6.45, 7) is 6.06. The third kappa shape index (κ3) is 1.54. The highest BCUT2D eigenvalue weighted by molar-refractivity contribution is 5.98. The number of nitrogens with zero attached hydrogens (tertiary/aromatic N) is 2. The van der Waals surface area contributed by atoms with Crippen LogP contribution in [0.4, 0.5) is 0 Å². The molecule has 1 heterocycles. The first kappa shape index (κ1) is 9.31. The molecule has 0 atom stereocenters. The smallest absolute Gasteiger partial charge is 0.166 e. The maximum atomic E-state index is 11.7. The average Bonchev–Trinajstić information content (AvgIpc) is 2.00. The molecule has 0 N–H and O–H groups in total. The number of aromatic nitrogens is 2. The molecule has 3 heteroatoms. The fourth-order valence-electron chi connectivity index (χ4n) is 1.93. The van der Waals surface area contributed by atoms with Crippen LogP contribution in [0.15, 0.2) is 6.20 Å². The molecule has 1 aromatic heterocycles. The normalized spacial score (nSPS) is 19.2. The Bertz CT molecular complexity index is 396. The van der Waals surface area contributed by atoms with Crippen molar-refractivity contribution < 1.29 is 4.79 Å². The van der Waals surface area contributed by atoms with Crippen molar-refractivity contribution in [2.75, 3.05) is 0 Å². The van der Waals surface area contributed by atoms with Gasteiger partial charge in [-0.05, 0) is 18.8 Å². The average molecular weight is 190 g/mol. The Morgan fingerprint density at radius 1 is 1.36 bits per heavy atom. The summed E-state index contributed by atoms with van der Waals surface area (Å²) in [5.74, 6) is 0.922. The zero-order chi connectivity index (χ0) is 10.3. The van der Waals surface area contributed by atoms with Gasteiger partial charge < -0.3 is 0 Å². The Morgan fingerprint density at radius 2 is 2.07 bits per heavy atom. The van der Waals surface area contributed by atoms with E-state index < -0.39 is 0 Å². The summed E-state index contributed by atoms with van der Waals surface area (Å²) in [6, 6.07) is 0. The standard InChI is InChI=1S/C11H14N2O/c1-7-12-6-8-9(13-7)4-11(2,3)5-10(8)14/h6H,4-5H2,1-3H3. The molecular formula is C11H14N2O. The van der Waals surface area contributed by atoms with Crippen molar-refractivity contribution in [2.45, 2.75) is 33.6 Å². The van der Waals surface area contributed by atoms with Crippen LogP contribution in [0.5, 0.6) is 0 Å². The van der Waals surface area contributed by atoms with Crippen LogP contribution in [0.2, 0.25) is 0 Å². The molecule has 0 amide bonds. The summed E-state index contributed by atoms with van der Waals surface area (Å²) in [7, 11) is 0. The fraction of sp³-hybridized carbons (Fsp3) is 0.545. The summed E-state index contributed by atoms with van der Waals surface area (Å²) in [5, 5.41) is 0. The van der Waals surface area contributed by atoms with Gasteiger partial charge in [0.15, 0.2) is 5.78 Å². The first-order valence-electron chi connectivity index (χ1n) is 4.84.